The quantitative estimate of drug-likeness (QED) is 0.665. The van der Waals surface area contributed by atoms with Crippen molar-refractivity contribution >= 4 is 22.6 Å². The number of aromatic nitrogens is 1. The number of hydrogen-bond donors (Lipinski definition) is 1. The van der Waals surface area contributed by atoms with Gasteiger partial charge in [0.2, 0.25) is 0 Å². The highest BCUT2D eigenvalue weighted by Crippen LogP contribution is 2.32. The molecule has 0 bridgehead atoms. The predicted molar refractivity (Wildman–Crippen MR) is 60.8 cm³/mol. The maximum atomic E-state index is 12.2. The molecule has 17 heavy (non-hydrogen) atoms. The van der Waals surface area contributed by atoms with Crippen LogP contribution in [0, 0.1) is 15.0 Å². The first-order chi connectivity index (χ1) is 7.89. The Labute approximate surface area is 109 Å². The first-order valence-corrected chi connectivity index (χ1v) is 5.46. The van der Waals surface area contributed by atoms with Crippen LogP contribution in [0.5, 0.6) is 5.75 Å². The van der Waals surface area contributed by atoms with Crippen LogP contribution in [0.15, 0.2) is 6.20 Å². The Balaban J connectivity index is 3.29. The molecule has 1 rings (SSSR count). The van der Waals surface area contributed by atoms with Crippen molar-refractivity contribution in [2.45, 2.75) is 19.3 Å². The third kappa shape index (κ3) is 3.71. The minimum Gasteiger partial charge on any atom is -0.403 e. The molecule has 8 heteroatoms. The van der Waals surface area contributed by atoms with Gasteiger partial charge in [0, 0.05) is 18.3 Å². The Hall–Kier alpha value is -1.08. The smallest absolute Gasteiger partial charge is 0.403 e. The molecule has 0 amide bonds. The summed E-state index contributed by atoms with van der Waals surface area (Å²) in [5.74, 6) is -0.442. The highest BCUT2D eigenvalue weighted by atomic mass is 127. The normalized spacial score (nSPS) is 11.1. The largest absolute Gasteiger partial charge is 0.573 e. The van der Waals surface area contributed by atoms with E-state index in [1.807, 2.05) is 0 Å². The van der Waals surface area contributed by atoms with E-state index in [4.69, 9.17) is 11.0 Å². The number of nitriles is 1. The highest BCUT2D eigenvalue weighted by Gasteiger charge is 2.33. The summed E-state index contributed by atoms with van der Waals surface area (Å²) in [7, 11) is 0. The fourth-order valence-corrected chi connectivity index (χ4v) is 1.78. The van der Waals surface area contributed by atoms with Gasteiger partial charge in [-0.1, -0.05) is 0 Å². The summed E-state index contributed by atoms with van der Waals surface area (Å²) in [6.07, 6.45) is -3.69. The van der Waals surface area contributed by atoms with Crippen molar-refractivity contribution < 1.29 is 17.9 Å². The molecule has 1 aromatic rings. The number of rotatable bonds is 3. The molecule has 0 aromatic carbocycles. The van der Waals surface area contributed by atoms with Crippen LogP contribution in [0.25, 0.3) is 0 Å². The molecule has 0 unspecified atom stereocenters. The molecule has 0 radical (unpaired) electrons. The molecule has 0 fully saturated rings. The van der Waals surface area contributed by atoms with E-state index in [1.54, 1.807) is 28.7 Å². The van der Waals surface area contributed by atoms with Crippen molar-refractivity contribution in [3.63, 3.8) is 0 Å². The molecule has 1 heterocycles. The van der Waals surface area contributed by atoms with E-state index in [2.05, 4.69) is 9.72 Å². The molecule has 0 saturated heterocycles. The Morgan fingerprint density at radius 2 is 2.18 bits per heavy atom. The average molecular weight is 357 g/mol. The Morgan fingerprint density at radius 3 is 2.65 bits per heavy atom. The van der Waals surface area contributed by atoms with Gasteiger partial charge in [-0.05, 0) is 28.2 Å². The number of alkyl halides is 3. The van der Waals surface area contributed by atoms with Crippen LogP contribution in [-0.2, 0) is 13.0 Å². The van der Waals surface area contributed by atoms with Gasteiger partial charge in [0.15, 0.2) is 5.75 Å². The summed E-state index contributed by atoms with van der Waals surface area (Å²) >= 11 is 1.61. The molecule has 0 saturated carbocycles. The lowest BCUT2D eigenvalue weighted by atomic mass is 10.1. The van der Waals surface area contributed by atoms with Gasteiger partial charge in [0.05, 0.1) is 12.5 Å². The van der Waals surface area contributed by atoms with Crippen molar-refractivity contribution in [2.75, 3.05) is 0 Å². The lowest BCUT2D eigenvalue weighted by Crippen LogP contribution is -2.20. The number of pyridine rings is 1. The van der Waals surface area contributed by atoms with Crippen LogP contribution >= 0.6 is 22.6 Å². The molecule has 0 aliphatic rings. The van der Waals surface area contributed by atoms with E-state index in [9.17, 15) is 13.2 Å². The summed E-state index contributed by atoms with van der Waals surface area (Å²) in [6.45, 7) is -0.00481. The van der Waals surface area contributed by atoms with Crippen LogP contribution in [0.1, 0.15) is 11.1 Å². The standard InChI is InChI=1S/C9H7F3IN3O/c10-9(11,12)17-7-6(1-2-14)5(3-15)4-16-8(7)13/h4H,1,3,15H2. The molecule has 0 atom stereocenters. The van der Waals surface area contributed by atoms with Crippen molar-refractivity contribution in [3.8, 4) is 11.8 Å². The number of nitrogens with zero attached hydrogens (tertiary/aromatic N) is 2. The fourth-order valence-electron chi connectivity index (χ4n) is 1.21. The van der Waals surface area contributed by atoms with Gasteiger partial charge in [-0.2, -0.15) is 5.26 Å². The molecule has 0 aliphatic heterocycles. The monoisotopic (exact) mass is 357 g/mol. The summed E-state index contributed by atoms with van der Waals surface area (Å²) in [6, 6.07) is 1.78. The molecule has 0 aliphatic carbocycles. The second-order valence-corrected chi connectivity index (χ2v) is 3.99. The second-order valence-electron chi connectivity index (χ2n) is 2.97. The van der Waals surface area contributed by atoms with Gasteiger partial charge in [-0.3, -0.25) is 0 Å². The van der Waals surface area contributed by atoms with E-state index in [0.29, 0.717) is 5.56 Å². The van der Waals surface area contributed by atoms with Gasteiger partial charge < -0.3 is 10.5 Å². The van der Waals surface area contributed by atoms with Crippen LogP contribution < -0.4 is 10.5 Å². The Kier molecular flexibility index (Phi) is 4.53. The lowest BCUT2D eigenvalue weighted by Gasteiger charge is -2.15. The van der Waals surface area contributed by atoms with Gasteiger partial charge >= 0.3 is 6.36 Å². The van der Waals surface area contributed by atoms with Crippen LogP contribution in [0.4, 0.5) is 13.2 Å². The van der Waals surface area contributed by atoms with E-state index >= 15 is 0 Å². The Bertz CT molecular complexity index is 456. The van der Waals surface area contributed by atoms with Gasteiger partial charge in [-0.15, -0.1) is 13.2 Å². The molecular weight excluding hydrogens is 350 g/mol. The third-order valence-corrected chi connectivity index (χ3v) is 2.64. The van der Waals surface area contributed by atoms with Gasteiger partial charge in [0.1, 0.15) is 3.70 Å². The number of hydrogen-bond acceptors (Lipinski definition) is 4. The maximum Gasteiger partial charge on any atom is 0.573 e. The first-order valence-electron chi connectivity index (χ1n) is 4.38. The van der Waals surface area contributed by atoms with E-state index in [1.165, 1.54) is 6.20 Å². The summed E-state index contributed by atoms with van der Waals surface area (Å²) in [4.78, 5) is 3.75. The molecule has 4 nitrogen and oxygen atoms in total. The number of ether oxygens (including phenoxy) is 1. The van der Waals surface area contributed by atoms with E-state index in [-0.39, 0.29) is 22.2 Å². The second kappa shape index (κ2) is 5.50. The zero-order chi connectivity index (χ0) is 13.1. The topological polar surface area (TPSA) is 71.9 Å². The summed E-state index contributed by atoms with van der Waals surface area (Å²) in [5.41, 5.74) is 5.87. The zero-order valence-electron chi connectivity index (χ0n) is 8.38. The van der Waals surface area contributed by atoms with Crippen LogP contribution in [-0.4, -0.2) is 11.3 Å². The van der Waals surface area contributed by atoms with Gasteiger partial charge in [0.25, 0.3) is 0 Å². The highest BCUT2D eigenvalue weighted by molar-refractivity contribution is 14.1. The summed E-state index contributed by atoms with van der Waals surface area (Å²) in [5, 5.41) is 8.60. The molecular formula is C9H7F3IN3O. The minimum atomic E-state index is -4.82. The Morgan fingerprint density at radius 1 is 1.53 bits per heavy atom. The van der Waals surface area contributed by atoms with E-state index in [0.717, 1.165) is 0 Å². The SMILES string of the molecule is N#CCc1c(CN)cnc(I)c1OC(F)(F)F. The summed E-state index contributed by atoms with van der Waals surface area (Å²) < 4.78 is 40.6. The van der Waals surface area contributed by atoms with Crippen molar-refractivity contribution in [1.82, 2.24) is 4.98 Å². The molecule has 0 spiro atoms. The van der Waals surface area contributed by atoms with Crippen molar-refractivity contribution in [1.29, 1.82) is 5.26 Å². The van der Waals surface area contributed by atoms with Crippen LogP contribution in [0.2, 0.25) is 0 Å². The van der Waals surface area contributed by atoms with Crippen molar-refractivity contribution in [3.05, 3.63) is 21.0 Å². The lowest BCUT2D eigenvalue weighted by molar-refractivity contribution is -0.275. The van der Waals surface area contributed by atoms with Crippen LogP contribution in [0.3, 0.4) is 0 Å². The first kappa shape index (κ1) is 14.0. The number of halogens is 4. The number of nitrogens with two attached hydrogens (primary N) is 1. The van der Waals surface area contributed by atoms with Crippen molar-refractivity contribution in [2.24, 2.45) is 5.73 Å². The minimum absolute atomic E-state index is 0.00481. The van der Waals surface area contributed by atoms with Gasteiger partial charge in [-0.25, -0.2) is 4.98 Å². The molecule has 92 valence electrons. The molecule has 2 N–H and O–H groups in total. The molecule has 1 aromatic heterocycles. The van der Waals surface area contributed by atoms with E-state index < -0.39 is 12.1 Å². The average Bonchev–Trinajstić information content (AvgIpc) is 2.22. The third-order valence-electron chi connectivity index (χ3n) is 1.88. The fraction of sp³-hybridized carbons (Fsp3) is 0.333. The maximum absolute atomic E-state index is 12.2. The predicted octanol–water partition coefficient (Wildman–Crippen LogP) is 2.11. The zero-order valence-corrected chi connectivity index (χ0v) is 10.5.